The highest BCUT2D eigenvalue weighted by Crippen LogP contribution is 2.60. The number of esters is 2. The molecule has 3 aliphatic carbocycles. The highest BCUT2D eigenvalue weighted by atomic mass is 16.5. The average molecular weight is 318 g/mol. The third kappa shape index (κ3) is 3.08. The Balaban J connectivity index is 1.55. The summed E-state index contributed by atoms with van der Waals surface area (Å²) in [5.74, 6) is 2.36. The molecule has 3 fully saturated rings. The first kappa shape index (κ1) is 16.3. The monoisotopic (exact) mass is 318 g/mol. The van der Waals surface area contributed by atoms with E-state index in [0.29, 0.717) is 47.3 Å². The van der Waals surface area contributed by atoms with Gasteiger partial charge in [-0.05, 0) is 69.1 Å². The van der Waals surface area contributed by atoms with Crippen LogP contribution in [0, 0.1) is 29.6 Å². The van der Waals surface area contributed by atoms with Gasteiger partial charge in [0.25, 0.3) is 0 Å². The number of carbonyl (C=O) groups is 2. The second-order valence-corrected chi connectivity index (χ2v) is 7.66. The van der Waals surface area contributed by atoms with E-state index in [0.717, 1.165) is 19.3 Å². The average Bonchev–Trinajstić information content (AvgIpc) is 3.14. The Morgan fingerprint density at radius 2 is 1.57 bits per heavy atom. The van der Waals surface area contributed by atoms with Gasteiger partial charge in [-0.25, -0.2) is 9.59 Å². The van der Waals surface area contributed by atoms with Gasteiger partial charge in [0.05, 0.1) is 6.61 Å². The lowest BCUT2D eigenvalue weighted by Crippen LogP contribution is -2.32. The predicted molar refractivity (Wildman–Crippen MR) is 86.4 cm³/mol. The van der Waals surface area contributed by atoms with Crippen LogP contribution < -0.4 is 0 Å². The van der Waals surface area contributed by atoms with Crippen molar-refractivity contribution in [3.05, 3.63) is 24.3 Å². The maximum Gasteiger partial charge on any atom is 0.333 e. The van der Waals surface area contributed by atoms with Crippen molar-refractivity contribution in [2.75, 3.05) is 6.61 Å². The molecule has 0 amide bonds. The van der Waals surface area contributed by atoms with Crippen LogP contribution in [0.5, 0.6) is 0 Å². The van der Waals surface area contributed by atoms with Gasteiger partial charge in [-0.3, -0.25) is 0 Å². The van der Waals surface area contributed by atoms with Gasteiger partial charge in [0.2, 0.25) is 0 Å². The van der Waals surface area contributed by atoms with Crippen molar-refractivity contribution < 1.29 is 19.1 Å². The molecule has 0 aromatic rings. The highest BCUT2D eigenvalue weighted by Gasteiger charge is 2.57. The van der Waals surface area contributed by atoms with Crippen LogP contribution in [-0.2, 0) is 19.1 Å². The minimum Gasteiger partial charge on any atom is -0.462 e. The molecule has 23 heavy (non-hydrogen) atoms. The molecule has 3 aliphatic rings. The number of carbonyl (C=O) groups excluding carboxylic acids is 2. The van der Waals surface area contributed by atoms with Gasteiger partial charge in [-0.1, -0.05) is 13.2 Å². The Morgan fingerprint density at radius 1 is 0.913 bits per heavy atom. The predicted octanol–water partition coefficient (Wildman–Crippen LogP) is 3.28. The van der Waals surface area contributed by atoms with Crippen LogP contribution in [0.1, 0.15) is 39.5 Å². The van der Waals surface area contributed by atoms with Crippen molar-refractivity contribution >= 4 is 11.9 Å². The zero-order valence-corrected chi connectivity index (χ0v) is 14.0. The van der Waals surface area contributed by atoms with Crippen molar-refractivity contribution in [3.8, 4) is 0 Å². The number of rotatable bonds is 5. The van der Waals surface area contributed by atoms with Gasteiger partial charge in [-0.2, -0.15) is 0 Å². The zero-order chi connectivity index (χ0) is 16.7. The van der Waals surface area contributed by atoms with E-state index in [1.54, 1.807) is 13.8 Å². The quantitative estimate of drug-likeness (QED) is 0.576. The summed E-state index contributed by atoms with van der Waals surface area (Å²) in [6.07, 6.45) is 4.44. The number of hydrogen-bond acceptors (Lipinski definition) is 4. The zero-order valence-electron chi connectivity index (χ0n) is 14.0. The van der Waals surface area contributed by atoms with Gasteiger partial charge < -0.3 is 9.47 Å². The van der Waals surface area contributed by atoms with Crippen LogP contribution in [-0.4, -0.2) is 24.6 Å². The smallest absolute Gasteiger partial charge is 0.333 e. The fourth-order valence-electron chi connectivity index (χ4n) is 4.95. The molecule has 5 unspecified atom stereocenters. The first-order valence-corrected chi connectivity index (χ1v) is 8.56. The van der Waals surface area contributed by atoms with Crippen LogP contribution in [0.15, 0.2) is 24.3 Å². The molecule has 0 aliphatic heterocycles. The van der Waals surface area contributed by atoms with E-state index in [1.807, 2.05) is 0 Å². The summed E-state index contributed by atoms with van der Waals surface area (Å²) in [6.45, 7) is 11.1. The van der Waals surface area contributed by atoms with Crippen LogP contribution in [0.3, 0.4) is 0 Å². The fraction of sp³-hybridized carbons (Fsp3) is 0.684. The first-order valence-electron chi connectivity index (χ1n) is 8.56. The third-order valence-electron chi connectivity index (χ3n) is 5.91. The van der Waals surface area contributed by atoms with Crippen molar-refractivity contribution in [2.24, 2.45) is 29.6 Å². The molecule has 4 heteroatoms. The molecule has 126 valence electrons. The Bertz CT molecular complexity index is 550. The largest absolute Gasteiger partial charge is 0.462 e. The standard InChI is InChI=1S/C19H26O4/c1-10(2)18(20)22-9-12-5-14-13-7-16(15(14)6-12)17(8-13)23-19(21)11(3)4/h12-17H,1,3,5-9H2,2,4H3/t12?,13?,14-,15?,16?,17?/m1/s1. The second kappa shape index (κ2) is 6.14. The van der Waals surface area contributed by atoms with Crippen LogP contribution in [0.25, 0.3) is 0 Å². The highest BCUT2D eigenvalue weighted by molar-refractivity contribution is 5.87. The van der Waals surface area contributed by atoms with E-state index in [9.17, 15) is 9.59 Å². The van der Waals surface area contributed by atoms with Crippen molar-refractivity contribution in [3.63, 3.8) is 0 Å². The number of ether oxygens (including phenoxy) is 2. The lowest BCUT2D eigenvalue weighted by molar-refractivity contribution is -0.148. The van der Waals surface area contributed by atoms with Crippen molar-refractivity contribution in [1.29, 1.82) is 0 Å². The van der Waals surface area contributed by atoms with E-state index in [4.69, 9.17) is 9.47 Å². The van der Waals surface area contributed by atoms with E-state index in [1.165, 1.54) is 6.42 Å². The molecule has 4 nitrogen and oxygen atoms in total. The number of fused-ring (bicyclic) bond motifs is 5. The molecule has 0 spiro atoms. The summed E-state index contributed by atoms with van der Waals surface area (Å²) in [6, 6.07) is 0. The van der Waals surface area contributed by atoms with Gasteiger partial charge in [-0.15, -0.1) is 0 Å². The molecular weight excluding hydrogens is 292 g/mol. The van der Waals surface area contributed by atoms with Crippen LogP contribution >= 0.6 is 0 Å². The van der Waals surface area contributed by atoms with Crippen LogP contribution in [0.4, 0.5) is 0 Å². The second-order valence-electron chi connectivity index (χ2n) is 7.66. The molecule has 6 atom stereocenters. The van der Waals surface area contributed by atoms with Gasteiger partial charge in [0.1, 0.15) is 6.10 Å². The molecule has 0 aromatic carbocycles. The molecule has 0 radical (unpaired) electrons. The van der Waals surface area contributed by atoms with Crippen molar-refractivity contribution in [2.45, 2.75) is 45.6 Å². The minimum atomic E-state index is -0.293. The fourth-order valence-corrected chi connectivity index (χ4v) is 4.95. The summed E-state index contributed by atoms with van der Waals surface area (Å²) >= 11 is 0. The van der Waals surface area contributed by atoms with Gasteiger partial charge >= 0.3 is 11.9 Å². The number of hydrogen-bond donors (Lipinski definition) is 0. The van der Waals surface area contributed by atoms with Crippen LogP contribution in [0.2, 0.25) is 0 Å². The molecule has 0 N–H and O–H groups in total. The third-order valence-corrected chi connectivity index (χ3v) is 5.91. The Labute approximate surface area is 137 Å². The maximum absolute atomic E-state index is 11.8. The van der Waals surface area contributed by atoms with E-state index >= 15 is 0 Å². The lowest BCUT2D eigenvalue weighted by atomic mass is 9.80. The summed E-state index contributed by atoms with van der Waals surface area (Å²) in [5, 5.41) is 0. The van der Waals surface area contributed by atoms with E-state index in [2.05, 4.69) is 13.2 Å². The van der Waals surface area contributed by atoms with Gasteiger partial charge in [0.15, 0.2) is 0 Å². The summed E-state index contributed by atoms with van der Waals surface area (Å²) in [7, 11) is 0. The molecule has 3 saturated carbocycles. The molecule has 0 saturated heterocycles. The van der Waals surface area contributed by atoms with Gasteiger partial charge in [0, 0.05) is 11.1 Å². The summed E-state index contributed by atoms with van der Waals surface area (Å²) in [5.41, 5.74) is 0.926. The Morgan fingerprint density at radius 3 is 2.22 bits per heavy atom. The Hall–Kier alpha value is -1.58. The summed E-state index contributed by atoms with van der Waals surface area (Å²) in [4.78, 5) is 23.3. The molecule has 2 bridgehead atoms. The molecule has 0 heterocycles. The van der Waals surface area contributed by atoms with E-state index in [-0.39, 0.29) is 18.0 Å². The lowest BCUT2D eigenvalue weighted by Gasteiger charge is -2.31. The molecular formula is C19H26O4. The topological polar surface area (TPSA) is 52.6 Å². The molecule has 0 aromatic heterocycles. The maximum atomic E-state index is 11.8. The minimum absolute atomic E-state index is 0.0576. The Kier molecular flexibility index (Phi) is 4.35. The van der Waals surface area contributed by atoms with E-state index < -0.39 is 0 Å². The SMILES string of the molecule is C=C(C)C(=O)OCC1CC2C3CC(CC3OC(=O)C(=C)C)[C@H]2C1. The molecule has 3 rings (SSSR count). The summed E-state index contributed by atoms with van der Waals surface area (Å²) < 4.78 is 11.0. The first-order chi connectivity index (χ1) is 10.9. The van der Waals surface area contributed by atoms with Crippen molar-refractivity contribution in [1.82, 2.24) is 0 Å². The normalized spacial score (nSPS) is 37.3.